The van der Waals surface area contributed by atoms with Gasteiger partial charge in [-0.3, -0.25) is 14.4 Å². The van der Waals surface area contributed by atoms with Crippen LogP contribution in [0.4, 0.5) is 0 Å². The zero-order chi connectivity index (χ0) is 25.6. The zero-order valence-corrected chi connectivity index (χ0v) is 21.9. The van der Waals surface area contributed by atoms with Crippen LogP contribution in [0.3, 0.4) is 0 Å². The molecule has 0 aliphatic carbocycles. The normalized spacial score (nSPS) is 12.4. The Bertz CT molecular complexity index is 503. The van der Waals surface area contributed by atoms with Crippen molar-refractivity contribution >= 4 is 17.9 Å². The third-order valence-electron chi connectivity index (χ3n) is 7.10. The van der Waals surface area contributed by atoms with E-state index in [0.717, 1.165) is 6.42 Å². The monoisotopic (exact) mass is 484 g/mol. The minimum absolute atomic E-state index is 0.0513. The summed E-state index contributed by atoms with van der Waals surface area (Å²) < 4.78 is 0. The zero-order valence-electron chi connectivity index (χ0n) is 21.9. The molecule has 0 saturated heterocycles. The van der Waals surface area contributed by atoms with Crippen molar-refractivity contribution in [3.63, 3.8) is 0 Å². The van der Waals surface area contributed by atoms with E-state index in [1.807, 2.05) is 0 Å². The van der Waals surface area contributed by atoms with Gasteiger partial charge in [0.15, 0.2) is 5.92 Å². The third kappa shape index (κ3) is 17.8. The molecular formula is C28H52O6. The quantitative estimate of drug-likeness (QED) is 0.0895. The molecule has 0 bridgehead atoms. The molecule has 0 aliphatic rings. The van der Waals surface area contributed by atoms with Gasteiger partial charge in [0.2, 0.25) is 0 Å². The Morgan fingerprint density at radius 2 is 0.882 bits per heavy atom. The van der Waals surface area contributed by atoms with Gasteiger partial charge in [-0.05, 0) is 31.6 Å². The van der Waals surface area contributed by atoms with Crippen molar-refractivity contribution in [3.05, 3.63) is 0 Å². The molecule has 0 fully saturated rings. The molecule has 0 amide bonds. The van der Waals surface area contributed by atoms with Gasteiger partial charge >= 0.3 is 17.9 Å². The van der Waals surface area contributed by atoms with Gasteiger partial charge in [0.1, 0.15) is 0 Å². The van der Waals surface area contributed by atoms with Crippen LogP contribution in [0.1, 0.15) is 142 Å². The van der Waals surface area contributed by atoms with Crippen LogP contribution < -0.4 is 0 Å². The fourth-order valence-corrected chi connectivity index (χ4v) is 4.78. The molecule has 0 aromatic carbocycles. The van der Waals surface area contributed by atoms with Crippen LogP contribution in [-0.4, -0.2) is 33.2 Å². The maximum absolute atomic E-state index is 11.8. The summed E-state index contributed by atoms with van der Waals surface area (Å²) >= 11 is 0. The summed E-state index contributed by atoms with van der Waals surface area (Å²) in [5, 5.41) is 27.6. The largest absolute Gasteiger partial charge is 0.481 e. The molecule has 0 saturated carbocycles. The topological polar surface area (TPSA) is 112 Å². The molecule has 0 aromatic rings. The van der Waals surface area contributed by atoms with E-state index in [2.05, 4.69) is 13.8 Å². The van der Waals surface area contributed by atoms with Crippen molar-refractivity contribution < 1.29 is 29.7 Å². The van der Waals surface area contributed by atoms with E-state index in [4.69, 9.17) is 10.2 Å². The third-order valence-corrected chi connectivity index (χ3v) is 7.10. The van der Waals surface area contributed by atoms with E-state index in [1.54, 1.807) is 0 Å². The van der Waals surface area contributed by atoms with E-state index < -0.39 is 29.7 Å². The average Bonchev–Trinajstić information content (AvgIpc) is 2.78. The molecule has 1 unspecified atom stereocenters. The summed E-state index contributed by atoms with van der Waals surface area (Å²) in [5.74, 6) is -4.68. The molecule has 0 rings (SSSR count). The summed E-state index contributed by atoms with van der Waals surface area (Å²) in [5.41, 5.74) is 0. The van der Waals surface area contributed by atoms with Crippen molar-refractivity contribution in [3.8, 4) is 0 Å². The lowest BCUT2D eigenvalue weighted by Crippen LogP contribution is -2.23. The van der Waals surface area contributed by atoms with Crippen LogP contribution in [0.25, 0.3) is 0 Å². The highest BCUT2D eigenvalue weighted by Crippen LogP contribution is 2.27. The van der Waals surface area contributed by atoms with Crippen LogP contribution >= 0.6 is 0 Å². The summed E-state index contributed by atoms with van der Waals surface area (Å²) in [6.07, 6.45) is 20.8. The maximum Gasteiger partial charge on any atom is 0.317 e. The van der Waals surface area contributed by atoms with Crippen molar-refractivity contribution in [1.29, 1.82) is 0 Å². The summed E-state index contributed by atoms with van der Waals surface area (Å²) in [6, 6.07) is 0. The SMILES string of the molecule is CCCCCCCCC(CCCCCCCC)CCC(CCCCC(C(=O)O)C(=O)O)C(=O)O. The molecule has 0 aromatic heterocycles. The minimum atomic E-state index is -1.40. The second-order valence-corrected chi connectivity index (χ2v) is 10.1. The van der Waals surface area contributed by atoms with Gasteiger partial charge in [0, 0.05) is 0 Å². The lowest BCUT2D eigenvalue weighted by Gasteiger charge is -2.20. The number of carbonyl (C=O) groups is 3. The standard InChI is InChI=1S/C28H52O6/c1-3-5-7-9-11-13-17-23(18-14-12-10-8-6-4-2)21-22-24(26(29)30)19-15-16-20-25(27(31)32)28(33)34/h23-25H,3-22H2,1-2H3,(H,29,30)(H,31,32)(H,33,34). The van der Waals surface area contributed by atoms with Gasteiger partial charge in [-0.25, -0.2) is 0 Å². The van der Waals surface area contributed by atoms with Crippen LogP contribution in [0, 0.1) is 17.8 Å². The number of rotatable bonds is 25. The molecule has 200 valence electrons. The van der Waals surface area contributed by atoms with Gasteiger partial charge in [-0.2, -0.15) is 0 Å². The number of hydrogen-bond donors (Lipinski definition) is 3. The first kappa shape index (κ1) is 32.4. The lowest BCUT2D eigenvalue weighted by atomic mass is 9.86. The number of aliphatic carboxylic acids is 3. The van der Waals surface area contributed by atoms with Crippen molar-refractivity contribution in [2.24, 2.45) is 17.8 Å². The molecule has 6 heteroatoms. The van der Waals surface area contributed by atoms with Gasteiger partial charge in [-0.15, -0.1) is 0 Å². The first-order chi connectivity index (χ1) is 16.3. The molecule has 0 heterocycles. The van der Waals surface area contributed by atoms with E-state index in [1.165, 1.54) is 89.9 Å². The summed E-state index contributed by atoms with van der Waals surface area (Å²) in [6.45, 7) is 4.46. The average molecular weight is 485 g/mol. The number of unbranched alkanes of at least 4 members (excludes halogenated alkanes) is 11. The van der Waals surface area contributed by atoms with Crippen LogP contribution in [0.2, 0.25) is 0 Å². The van der Waals surface area contributed by atoms with Crippen molar-refractivity contribution in [1.82, 2.24) is 0 Å². The second-order valence-electron chi connectivity index (χ2n) is 10.1. The molecule has 0 radical (unpaired) electrons. The van der Waals surface area contributed by atoms with E-state index in [-0.39, 0.29) is 6.42 Å². The fraction of sp³-hybridized carbons (Fsp3) is 0.893. The van der Waals surface area contributed by atoms with Gasteiger partial charge < -0.3 is 15.3 Å². The molecule has 6 nitrogen and oxygen atoms in total. The van der Waals surface area contributed by atoms with Crippen LogP contribution in [-0.2, 0) is 14.4 Å². The first-order valence-electron chi connectivity index (χ1n) is 14.0. The highest BCUT2D eigenvalue weighted by Gasteiger charge is 2.25. The number of carboxylic acids is 3. The van der Waals surface area contributed by atoms with Gasteiger partial charge in [-0.1, -0.05) is 117 Å². The molecule has 0 aliphatic heterocycles. The van der Waals surface area contributed by atoms with Gasteiger partial charge in [0.05, 0.1) is 5.92 Å². The van der Waals surface area contributed by atoms with E-state index >= 15 is 0 Å². The Balaban J connectivity index is 4.51. The Morgan fingerprint density at radius 3 is 1.32 bits per heavy atom. The first-order valence-corrected chi connectivity index (χ1v) is 14.0. The molecular weight excluding hydrogens is 432 g/mol. The lowest BCUT2D eigenvalue weighted by molar-refractivity contribution is -0.155. The van der Waals surface area contributed by atoms with E-state index in [9.17, 15) is 19.5 Å². The second kappa shape index (κ2) is 21.9. The molecule has 34 heavy (non-hydrogen) atoms. The predicted molar refractivity (Wildman–Crippen MR) is 137 cm³/mol. The highest BCUT2D eigenvalue weighted by atomic mass is 16.4. The number of hydrogen-bond acceptors (Lipinski definition) is 3. The van der Waals surface area contributed by atoms with Crippen molar-refractivity contribution in [2.75, 3.05) is 0 Å². The smallest absolute Gasteiger partial charge is 0.317 e. The number of carboxylic acid groups (broad SMARTS) is 3. The Hall–Kier alpha value is -1.59. The van der Waals surface area contributed by atoms with Gasteiger partial charge in [0.25, 0.3) is 0 Å². The Kier molecular flexibility index (Phi) is 20.9. The fourth-order valence-electron chi connectivity index (χ4n) is 4.78. The van der Waals surface area contributed by atoms with Crippen molar-refractivity contribution in [2.45, 2.75) is 142 Å². The van der Waals surface area contributed by atoms with E-state index in [0.29, 0.717) is 31.6 Å². The maximum atomic E-state index is 11.8. The molecule has 0 spiro atoms. The summed E-state index contributed by atoms with van der Waals surface area (Å²) in [7, 11) is 0. The van der Waals surface area contributed by atoms with Crippen LogP contribution in [0.15, 0.2) is 0 Å². The molecule has 3 N–H and O–H groups in total. The predicted octanol–water partition coefficient (Wildman–Crippen LogP) is 7.93. The Labute approximate surface area is 207 Å². The highest BCUT2D eigenvalue weighted by molar-refractivity contribution is 5.92. The Morgan fingerprint density at radius 1 is 0.471 bits per heavy atom. The summed E-state index contributed by atoms with van der Waals surface area (Å²) in [4.78, 5) is 33.8. The van der Waals surface area contributed by atoms with Crippen LogP contribution in [0.5, 0.6) is 0 Å². The minimum Gasteiger partial charge on any atom is -0.481 e. The molecule has 1 atom stereocenters.